The molecular weight excluding hydrogens is 513 g/mol. The number of Topliss-reactive ketones (excluding diaryl/α,β-unsaturated/α-hetero) is 1. The summed E-state index contributed by atoms with van der Waals surface area (Å²) >= 11 is 8.74. The van der Waals surface area contributed by atoms with Crippen LogP contribution in [0, 0.1) is 5.82 Å². The number of halogens is 2. The van der Waals surface area contributed by atoms with Crippen molar-refractivity contribution in [3.63, 3.8) is 0 Å². The molecule has 0 radical (unpaired) electrons. The van der Waals surface area contributed by atoms with E-state index in [1.165, 1.54) is 30.2 Å². The SMILES string of the molecule is O=C1C(=O)N(c2nnc(SCc3ccccc3Cl)s2)C(c2ccco2)/C1=C(/O)c1ccc(F)cc1. The number of rotatable bonds is 6. The lowest BCUT2D eigenvalue weighted by Gasteiger charge is -2.20. The zero-order chi connectivity index (χ0) is 24.5. The standard InChI is InChI=1S/C24H15ClFN3O4S2/c25-16-5-2-1-4-14(16)12-34-24-28-27-23(35-24)29-19(17-6-3-11-33-17)18(21(31)22(29)32)20(30)13-7-9-15(26)10-8-13/h1-11,19,30H,12H2/b20-18-. The normalized spacial score (nSPS) is 17.3. The van der Waals surface area contributed by atoms with Crippen LogP contribution in [0.25, 0.3) is 5.76 Å². The Bertz CT molecular complexity index is 1440. The van der Waals surface area contributed by atoms with Crippen LogP contribution in [0.4, 0.5) is 9.52 Å². The molecule has 2 aromatic carbocycles. The summed E-state index contributed by atoms with van der Waals surface area (Å²) in [6.07, 6.45) is 1.40. The Labute approximate surface area is 211 Å². The number of aromatic nitrogens is 2. The van der Waals surface area contributed by atoms with Gasteiger partial charge < -0.3 is 9.52 Å². The molecule has 0 bridgehead atoms. The predicted molar refractivity (Wildman–Crippen MR) is 131 cm³/mol. The van der Waals surface area contributed by atoms with Crippen molar-refractivity contribution in [3.05, 3.63) is 100 Å². The Balaban J connectivity index is 1.51. The van der Waals surface area contributed by atoms with E-state index < -0.39 is 29.3 Å². The van der Waals surface area contributed by atoms with Crippen LogP contribution >= 0.6 is 34.7 Å². The lowest BCUT2D eigenvalue weighted by atomic mass is 9.99. The summed E-state index contributed by atoms with van der Waals surface area (Å²) in [6, 6.07) is 14.5. The maximum atomic E-state index is 13.4. The molecule has 1 atom stereocenters. The monoisotopic (exact) mass is 527 g/mol. The largest absolute Gasteiger partial charge is 0.507 e. The van der Waals surface area contributed by atoms with Gasteiger partial charge in [-0.25, -0.2) is 4.39 Å². The van der Waals surface area contributed by atoms with Crippen molar-refractivity contribution < 1.29 is 23.5 Å². The van der Waals surface area contributed by atoms with Crippen molar-refractivity contribution in [1.29, 1.82) is 0 Å². The molecule has 11 heteroatoms. The van der Waals surface area contributed by atoms with E-state index in [9.17, 15) is 19.1 Å². The van der Waals surface area contributed by atoms with Gasteiger partial charge in [-0.3, -0.25) is 14.5 Å². The minimum Gasteiger partial charge on any atom is -0.507 e. The van der Waals surface area contributed by atoms with E-state index in [4.69, 9.17) is 16.0 Å². The highest BCUT2D eigenvalue weighted by atomic mass is 35.5. The van der Waals surface area contributed by atoms with Gasteiger partial charge >= 0.3 is 5.91 Å². The third-order valence-electron chi connectivity index (χ3n) is 5.29. The molecule has 1 amide bonds. The van der Waals surface area contributed by atoms with Gasteiger partial charge in [0.25, 0.3) is 5.78 Å². The van der Waals surface area contributed by atoms with Gasteiger partial charge in [-0.1, -0.05) is 52.9 Å². The molecule has 176 valence electrons. The van der Waals surface area contributed by atoms with Crippen LogP contribution in [-0.2, 0) is 15.3 Å². The van der Waals surface area contributed by atoms with E-state index in [2.05, 4.69) is 10.2 Å². The lowest BCUT2D eigenvalue weighted by molar-refractivity contribution is -0.132. The Morgan fingerprint density at radius 1 is 1.11 bits per heavy atom. The Morgan fingerprint density at radius 3 is 2.60 bits per heavy atom. The average Bonchev–Trinajstić information content (AvgIpc) is 3.60. The zero-order valence-corrected chi connectivity index (χ0v) is 20.1. The predicted octanol–water partition coefficient (Wildman–Crippen LogP) is 5.84. The number of aliphatic hydroxyl groups is 1. The van der Waals surface area contributed by atoms with Gasteiger partial charge in [0.05, 0.1) is 11.8 Å². The van der Waals surface area contributed by atoms with Crippen molar-refractivity contribution in [2.75, 3.05) is 4.90 Å². The van der Waals surface area contributed by atoms with E-state index in [0.717, 1.165) is 33.9 Å². The van der Waals surface area contributed by atoms with Gasteiger partial charge in [-0.05, 0) is 48.0 Å². The van der Waals surface area contributed by atoms with Gasteiger partial charge in [0, 0.05) is 16.3 Å². The van der Waals surface area contributed by atoms with Crippen LogP contribution in [0.1, 0.15) is 22.9 Å². The first-order chi connectivity index (χ1) is 16.9. The molecule has 3 heterocycles. The minimum absolute atomic E-state index is 0.174. The summed E-state index contributed by atoms with van der Waals surface area (Å²) in [7, 11) is 0. The van der Waals surface area contributed by atoms with Crippen molar-refractivity contribution in [2.24, 2.45) is 0 Å². The van der Waals surface area contributed by atoms with Gasteiger partial charge in [-0.15, -0.1) is 10.2 Å². The highest BCUT2D eigenvalue weighted by Crippen LogP contribution is 2.44. The molecular formula is C24H15ClFN3O4S2. The van der Waals surface area contributed by atoms with Crippen LogP contribution < -0.4 is 4.90 Å². The summed E-state index contributed by atoms with van der Waals surface area (Å²) in [5.41, 5.74) is 0.928. The summed E-state index contributed by atoms with van der Waals surface area (Å²) < 4.78 is 19.5. The smallest absolute Gasteiger partial charge is 0.302 e. The number of aliphatic hydroxyl groups excluding tert-OH is 1. The summed E-state index contributed by atoms with van der Waals surface area (Å²) in [5, 5.41) is 20.0. The molecule has 5 rings (SSSR count). The van der Waals surface area contributed by atoms with Crippen LogP contribution in [0.2, 0.25) is 5.02 Å². The first-order valence-corrected chi connectivity index (χ1v) is 12.4. The molecule has 7 nitrogen and oxygen atoms in total. The lowest BCUT2D eigenvalue weighted by Crippen LogP contribution is -2.29. The second-order valence-corrected chi connectivity index (χ2v) is 10.0. The van der Waals surface area contributed by atoms with E-state index in [1.54, 1.807) is 18.2 Å². The molecule has 1 fully saturated rings. The molecule has 35 heavy (non-hydrogen) atoms. The van der Waals surface area contributed by atoms with Crippen molar-refractivity contribution >= 4 is 57.3 Å². The fourth-order valence-corrected chi connectivity index (χ4v) is 5.78. The molecule has 4 aromatic rings. The van der Waals surface area contributed by atoms with Crippen molar-refractivity contribution in [3.8, 4) is 0 Å². The van der Waals surface area contributed by atoms with E-state index in [-0.39, 0.29) is 22.0 Å². The second-order valence-electron chi connectivity index (χ2n) is 7.42. The first-order valence-electron chi connectivity index (χ1n) is 10.2. The van der Waals surface area contributed by atoms with E-state index in [0.29, 0.717) is 15.1 Å². The summed E-state index contributed by atoms with van der Waals surface area (Å²) in [5.74, 6) is -1.93. The topological polar surface area (TPSA) is 96.5 Å². The number of benzene rings is 2. The van der Waals surface area contributed by atoms with Gasteiger partial charge in [0.1, 0.15) is 23.4 Å². The number of carbonyl (C=O) groups excluding carboxylic acids is 2. The van der Waals surface area contributed by atoms with Gasteiger partial charge in [0.2, 0.25) is 5.13 Å². The molecule has 0 aliphatic carbocycles. The maximum Gasteiger partial charge on any atom is 0.302 e. The van der Waals surface area contributed by atoms with E-state index >= 15 is 0 Å². The fourth-order valence-electron chi connectivity index (χ4n) is 3.62. The Morgan fingerprint density at radius 2 is 1.89 bits per heavy atom. The van der Waals surface area contributed by atoms with E-state index in [1.807, 2.05) is 18.2 Å². The maximum absolute atomic E-state index is 13.4. The van der Waals surface area contributed by atoms with Gasteiger partial charge in [-0.2, -0.15) is 0 Å². The number of furan rings is 1. The highest BCUT2D eigenvalue weighted by Gasteiger charge is 2.49. The number of nitrogens with zero attached hydrogens (tertiary/aromatic N) is 3. The van der Waals surface area contributed by atoms with Gasteiger partial charge in [0.15, 0.2) is 4.34 Å². The summed E-state index contributed by atoms with van der Waals surface area (Å²) in [6.45, 7) is 0. The number of hydrogen-bond donors (Lipinski definition) is 1. The third kappa shape index (κ3) is 4.47. The molecule has 1 aliphatic heterocycles. The molecule has 1 N–H and O–H groups in total. The second kappa shape index (κ2) is 9.65. The highest BCUT2D eigenvalue weighted by molar-refractivity contribution is 8.00. The van der Waals surface area contributed by atoms with Crippen LogP contribution in [0.3, 0.4) is 0 Å². The molecule has 1 aliphatic rings. The number of anilines is 1. The Kier molecular flexibility index (Phi) is 6.42. The van der Waals surface area contributed by atoms with Crippen LogP contribution in [0.15, 0.2) is 81.3 Å². The number of hydrogen-bond acceptors (Lipinski definition) is 8. The van der Waals surface area contributed by atoms with Crippen molar-refractivity contribution in [1.82, 2.24) is 10.2 Å². The zero-order valence-electron chi connectivity index (χ0n) is 17.7. The van der Waals surface area contributed by atoms with Crippen LogP contribution in [-0.4, -0.2) is 27.0 Å². The number of carbonyl (C=O) groups is 2. The van der Waals surface area contributed by atoms with Crippen molar-refractivity contribution in [2.45, 2.75) is 16.1 Å². The molecule has 1 unspecified atom stereocenters. The Hall–Kier alpha value is -3.47. The first kappa shape index (κ1) is 23.3. The molecule has 1 saturated heterocycles. The minimum atomic E-state index is -1.07. The molecule has 0 saturated carbocycles. The number of ketones is 1. The fraction of sp³-hybridized carbons (Fsp3) is 0.0833. The quantitative estimate of drug-likeness (QED) is 0.111. The summed E-state index contributed by atoms with van der Waals surface area (Å²) in [4.78, 5) is 27.3. The number of thioether (sulfide) groups is 1. The van der Waals surface area contributed by atoms with Crippen LogP contribution in [0.5, 0.6) is 0 Å². The number of amides is 1. The third-order valence-corrected chi connectivity index (χ3v) is 7.76. The average molecular weight is 528 g/mol. The molecule has 0 spiro atoms. The molecule has 2 aromatic heterocycles.